The SMILES string of the molecule is C=C(C)C(=O)OCC1(COc2ccc(-c3cccc(-c4cccc(OC(=O)C(=C)C)c4)c3)cc2)COC1. The zero-order valence-corrected chi connectivity index (χ0v) is 21.1. The molecular weight excluding hydrogens is 468 g/mol. The Bertz CT molecular complexity index is 1320. The topological polar surface area (TPSA) is 71.1 Å². The van der Waals surface area contributed by atoms with Gasteiger partial charge in [-0.1, -0.05) is 55.6 Å². The summed E-state index contributed by atoms with van der Waals surface area (Å²) in [7, 11) is 0. The molecule has 6 heteroatoms. The van der Waals surface area contributed by atoms with E-state index >= 15 is 0 Å². The first-order valence-corrected chi connectivity index (χ1v) is 12.0. The maximum Gasteiger partial charge on any atom is 0.338 e. The molecule has 190 valence electrons. The van der Waals surface area contributed by atoms with Gasteiger partial charge in [0.25, 0.3) is 0 Å². The van der Waals surface area contributed by atoms with E-state index in [2.05, 4.69) is 19.2 Å². The molecule has 1 heterocycles. The summed E-state index contributed by atoms with van der Waals surface area (Å²) >= 11 is 0. The Morgan fingerprint density at radius 1 is 0.757 bits per heavy atom. The molecule has 1 aliphatic rings. The van der Waals surface area contributed by atoms with Gasteiger partial charge in [0.1, 0.15) is 24.7 Å². The molecular formula is C31H30O6. The highest BCUT2D eigenvalue weighted by molar-refractivity contribution is 5.89. The van der Waals surface area contributed by atoms with Crippen molar-refractivity contribution >= 4 is 11.9 Å². The van der Waals surface area contributed by atoms with Crippen molar-refractivity contribution in [1.29, 1.82) is 0 Å². The Labute approximate surface area is 217 Å². The summed E-state index contributed by atoms with van der Waals surface area (Å²) in [4.78, 5) is 23.6. The quantitative estimate of drug-likeness (QED) is 0.193. The first kappa shape index (κ1) is 25.9. The molecule has 0 unspecified atom stereocenters. The highest BCUT2D eigenvalue weighted by Gasteiger charge is 2.41. The number of carbonyl (C=O) groups is 2. The Morgan fingerprint density at radius 2 is 1.35 bits per heavy atom. The smallest absolute Gasteiger partial charge is 0.338 e. The lowest BCUT2D eigenvalue weighted by Gasteiger charge is -2.40. The lowest BCUT2D eigenvalue weighted by Crippen LogP contribution is -2.51. The van der Waals surface area contributed by atoms with Gasteiger partial charge in [-0.15, -0.1) is 0 Å². The van der Waals surface area contributed by atoms with Crippen LogP contribution in [0, 0.1) is 5.41 Å². The molecule has 3 aromatic rings. The van der Waals surface area contributed by atoms with Crippen molar-refractivity contribution in [3.63, 3.8) is 0 Å². The van der Waals surface area contributed by atoms with Crippen molar-refractivity contribution in [2.45, 2.75) is 13.8 Å². The monoisotopic (exact) mass is 498 g/mol. The first-order valence-electron chi connectivity index (χ1n) is 12.0. The first-order chi connectivity index (χ1) is 17.7. The fraction of sp³-hybridized carbons (Fsp3) is 0.226. The van der Waals surface area contributed by atoms with Crippen LogP contribution in [0.2, 0.25) is 0 Å². The molecule has 0 aliphatic carbocycles. The summed E-state index contributed by atoms with van der Waals surface area (Å²) in [6, 6.07) is 23.4. The fourth-order valence-corrected chi connectivity index (χ4v) is 3.73. The normalized spacial score (nSPS) is 13.7. The molecule has 0 aromatic heterocycles. The van der Waals surface area contributed by atoms with Crippen molar-refractivity contribution in [3.8, 4) is 33.8 Å². The third-order valence-electron chi connectivity index (χ3n) is 6.00. The zero-order valence-electron chi connectivity index (χ0n) is 21.1. The second-order valence-corrected chi connectivity index (χ2v) is 9.44. The summed E-state index contributed by atoms with van der Waals surface area (Å²) < 4.78 is 22.1. The van der Waals surface area contributed by atoms with Crippen LogP contribution in [-0.4, -0.2) is 38.4 Å². The summed E-state index contributed by atoms with van der Waals surface area (Å²) in [5, 5.41) is 0. The standard InChI is InChI=1S/C31H30O6/c1-21(2)29(32)36-20-31(17-34-18-31)19-35-27-13-11-23(12-14-27)24-7-5-8-25(15-24)26-9-6-10-28(16-26)37-30(33)22(3)4/h5-16H,1,3,17-20H2,2,4H3. The van der Waals surface area contributed by atoms with E-state index in [1.54, 1.807) is 19.9 Å². The molecule has 4 rings (SSSR count). The van der Waals surface area contributed by atoms with Gasteiger partial charge in [0.05, 0.1) is 18.6 Å². The fourth-order valence-electron chi connectivity index (χ4n) is 3.73. The molecule has 0 spiro atoms. The molecule has 0 N–H and O–H groups in total. The molecule has 0 radical (unpaired) electrons. The minimum Gasteiger partial charge on any atom is -0.493 e. The van der Waals surface area contributed by atoms with Crippen LogP contribution in [0.4, 0.5) is 0 Å². The zero-order chi connectivity index (χ0) is 26.4. The Balaban J connectivity index is 1.42. The van der Waals surface area contributed by atoms with E-state index in [1.165, 1.54) is 0 Å². The van der Waals surface area contributed by atoms with Gasteiger partial charge < -0.3 is 18.9 Å². The average Bonchev–Trinajstić information content (AvgIpc) is 2.88. The van der Waals surface area contributed by atoms with Gasteiger partial charge >= 0.3 is 11.9 Å². The van der Waals surface area contributed by atoms with Crippen LogP contribution in [0.25, 0.3) is 22.3 Å². The predicted octanol–water partition coefficient (Wildman–Crippen LogP) is 6.02. The number of rotatable bonds is 10. The molecule has 1 saturated heterocycles. The number of hydrogen-bond donors (Lipinski definition) is 0. The number of hydrogen-bond acceptors (Lipinski definition) is 6. The van der Waals surface area contributed by atoms with Crippen molar-refractivity contribution < 1.29 is 28.5 Å². The van der Waals surface area contributed by atoms with Crippen LogP contribution >= 0.6 is 0 Å². The Morgan fingerprint density at radius 3 is 1.95 bits per heavy atom. The van der Waals surface area contributed by atoms with Crippen molar-refractivity contribution in [2.75, 3.05) is 26.4 Å². The lowest BCUT2D eigenvalue weighted by molar-refractivity contribution is -0.174. The van der Waals surface area contributed by atoms with Crippen molar-refractivity contribution in [2.24, 2.45) is 5.41 Å². The predicted molar refractivity (Wildman–Crippen MR) is 142 cm³/mol. The second kappa shape index (κ2) is 11.3. The van der Waals surface area contributed by atoms with E-state index in [0.29, 0.717) is 36.7 Å². The van der Waals surface area contributed by atoms with Gasteiger partial charge in [-0.2, -0.15) is 0 Å². The van der Waals surface area contributed by atoms with Crippen LogP contribution in [0.3, 0.4) is 0 Å². The van der Waals surface area contributed by atoms with Gasteiger partial charge in [0.2, 0.25) is 0 Å². The Hall–Kier alpha value is -4.16. The van der Waals surface area contributed by atoms with Crippen LogP contribution in [0.5, 0.6) is 11.5 Å². The third kappa shape index (κ3) is 6.54. The van der Waals surface area contributed by atoms with Gasteiger partial charge in [0.15, 0.2) is 0 Å². The second-order valence-electron chi connectivity index (χ2n) is 9.44. The summed E-state index contributed by atoms with van der Waals surface area (Å²) in [6.07, 6.45) is 0. The van der Waals surface area contributed by atoms with E-state index in [9.17, 15) is 9.59 Å². The number of benzene rings is 3. The molecule has 6 nitrogen and oxygen atoms in total. The van der Waals surface area contributed by atoms with E-state index in [4.69, 9.17) is 18.9 Å². The minimum atomic E-state index is -0.447. The molecule has 1 fully saturated rings. The van der Waals surface area contributed by atoms with Crippen molar-refractivity contribution in [1.82, 2.24) is 0 Å². The summed E-state index contributed by atoms with van der Waals surface area (Å²) in [5.41, 5.74) is 4.40. The van der Waals surface area contributed by atoms with E-state index < -0.39 is 11.9 Å². The van der Waals surface area contributed by atoms with E-state index in [0.717, 1.165) is 28.0 Å². The lowest BCUT2D eigenvalue weighted by atomic mass is 9.88. The van der Waals surface area contributed by atoms with Gasteiger partial charge in [0, 0.05) is 11.1 Å². The van der Waals surface area contributed by atoms with E-state index in [-0.39, 0.29) is 12.0 Å². The van der Waals surface area contributed by atoms with Gasteiger partial charge in [-0.25, -0.2) is 9.59 Å². The molecule has 3 aromatic carbocycles. The third-order valence-corrected chi connectivity index (χ3v) is 6.00. The minimum absolute atomic E-state index is 0.233. The molecule has 0 saturated carbocycles. The number of esters is 2. The van der Waals surface area contributed by atoms with Crippen LogP contribution in [0.1, 0.15) is 13.8 Å². The van der Waals surface area contributed by atoms with Gasteiger partial charge in [-0.3, -0.25) is 0 Å². The van der Waals surface area contributed by atoms with E-state index in [1.807, 2.05) is 60.7 Å². The summed E-state index contributed by atoms with van der Waals surface area (Å²) in [5.74, 6) is 0.347. The molecule has 0 amide bonds. The van der Waals surface area contributed by atoms with Crippen LogP contribution in [-0.2, 0) is 19.1 Å². The van der Waals surface area contributed by atoms with Crippen molar-refractivity contribution in [3.05, 3.63) is 97.1 Å². The molecule has 37 heavy (non-hydrogen) atoms. The van der Waals surface area contributed by atoms with Crippen LogP contribution < -0.4 is 9.47 Å². The number of ether oxygens (including phenoxy) is 4. The molecule has 0 bridgehead atoms. The van der Waals surface area contributed by atoms with Gasteiger partial charge in [-0.05, 0) is 66.4 Å². The average molecular weight is 499 g/mol. The maximum absolute atomic E-state index is 11.9. The molecule has 0 atom stereocenters. The highest BCUT2D eigenvalue weighted by atomic mass is 16.6. The highest BCUT2D eigenvalue weighted by Crippen LogP contribution is 2.32. The maximum atomic E-state index is 11.9. The largest absolute Gasteiger partial charge is 0.493 e. The summed E-state index contributed by atoms with van der Waals surface area (Å²) in [6.45, 7) is 12.1. The molecule has 1 aliphatic heterocycles. The number of carbonyl (C=O) groups excluding carboxylic acids is 2. The Kier molecular flexibility index (Phi) is 7.89. The van der Waals surface area contributed by atoms with Crippen LogP contribution in [0.15, 0.2) is 97.1 Å².